The fourth-order valence-electron chi connectivity index (χ4n) is 3.00. The number of allylic oxidation sites excluding steroid dienone is 3. The van der Waals surface area contributed by atoms with Crippen molar-refractivity contribution < 1.29 is 0 Å². The third-order valence-corrected chi connectivity index (χ3v) is 3.90. The highest BCUT2D eigenvalue weighted by Gasteiger charge is 2.06. The van der Waals surface area contributed by atoms with Crippen molar-refractivity contribution in [3.8, 4) is 0 Å². The van der Waals surface area contributed by atoms with Gasteiger partial charge in [-0.25, -0.2) is 0 Å². The fraction of sp³-hybridized carbons (Fsp3) is 0.111. The molecule has 2 aromatic rings. The van der Waals surface area contributed by atoms with Crippen LogP contribution >= 0.6 is 0 Å². The van der Waals surface area contributed by atoms with Gasteiger partial charge in [0.2, 0.25) is 0 Å². The average Bonchev–Trinajstić information content (AvgIpc) is 2.46. The van der Waals surface area contributed by atoms with Gasteiger partial charge in [0.05, 0.1) is 0 Å². The van der Waals surface area contributed by atoms with E-state index in [1.165, 1.54) is 32.3 Å². The van der Waals surface area contributed by atoms with Gasteiger partial charge in [-0.1, -0.05) is 60.7 Å². The van der Waals surface area contributed by atoms with Crippen LogP contribution < -0.4 is 10.4 Å². The van der Waals surface area contributed by atoms with E-state index in [4.69, 9.17) is 0 Å². The van der Waals surface area contributed by atoms with Crippen molar-refractivity contribution in [1.29, 1.82) is 0 Å². The molecule has 0 radical (unpaired) electrons. The van der Waals surface area contributed by atoms with Crippen LogP contribution in [0.3, 0.4) is 0 Å². The largest absolute Gasteiger partial charge is 0.0801 e. The second kappa shape index (κ2) is 3.71. The minimum atomic E-state index is 1.05. The fourth-order valence-corrected chi connectivity index (χ4v) is 3.00. The number of hydrogen-bond donors (Lipinski definition) is 0. The topological polar surface area (TPSA) is 0 Å². The molecule has 0 fully saturated rings. The zero-order chi connectivity index (χ0) is 11.9. The van der Waals surface area contributed by atoms with Crippen LogP contribution in [-0.2, 0) is 6.42 Å². The lowest BCUT2D eigenvalue weighted by Gasteiger charge is -2.11. The lowest BCUT2D eigenvalue weighted by molar-refractivity contribution is 1.24. The van der Waals surface area contributed by atoms with Crippen molar-refractivity contribution in [3.05, 3.63) is 64.1 Å². The van der Waals surface area contributed by atoms with Crippen molar-refractivity contribution in [2.75, 3.05) is 0 Å². The van der Waals surface area contributed by atoms with Gasteiger partial charge in [0.25, 0.3) is 0 Å². The van der Waals surface area contributed by atoms with E-state index in [1.54, 1.807) is 0 Å². The van der Waals surface area contributed by atoms with Gasteiger partial charge < -0.3 is 0 Å². The van der Waals surface area contributed by atoms with Crippen LogP contribution in [-0.4, -0.2) is 0 Å². The molecule has 2 aliphatic carbocycles. The summed E-state index contributed by atoms with van der Waals surface area (Å²) in [6.07, 6.45) is 15.5. The molecule has 0 aromatic heterocycles. The van der Waals surface area contributed by atoms with E-state index in [1.807, 2.05) is 0 Å². The first-order valence-electron chi connectivity index (χ1n) is 6.52. The maximum Gasteiger partial charge on any atom is -0.00882 e. The second-order valence-corrected chi connectivity index (χ2v) is 4.94. The first-order valence-corrected chi connectivity index (χ1v) is 6.52. The van der Waals surface area contributed by atoms with Gasteiger partial charge >= 0.3 is 0 Å². The van der Waals surface area contributed by atoms with E-state index in [2.05, 4.69) is 60.7 Å². The first kappa shape index (κ1) is 9.90. The molecule has 0 bridgehead atoms. The lowest BCUT2D eigenvalue weighted by atomic mass is 9.94. The minimum Gasteiger partial charge on any atom is -0.0801 e. The summed E-state index contributed by atoms with van der Waals surface area (Å²) in [5.74, 6) is 0. The number of benzene rings is 2. The normalized spacial score (nSPS) is 15.8. The number of rotatable bonds is 0. The van der Waals surface area contributed by atoms with Crippen LogP contribution in [0.1, 0.15) is 17.5 Å². The van der Waals surface area contributed by atoms with Crippen LogP contribution in [0.15, 0.2) is 42.5 Å². The molecule has 0 saturated carbocycles. The van der Waals surface area contributed by atoms with Crippen molar-refractivity contribution in [1.82, 2.24) is 0 Å². The van der Waals surface area contributed by atoms with Crippen molar-refractivity contribution in [2.45, 2.75) is 12.8 Å². The molecule has 0 saturated heterocycles. The molecule has 0 spiro atoms. The third-order valence-electron chi connectivity index (χ3n) is 3.90. The summed E-state index contributed by atoms with van der Waals surface area (Å²) in [6, 6.07) is 9.09. The highest BCUT2D eigenvalue weighted by molar-refractivity contribution is 5.89. The first-order chi connectivity index (χ1) is 8.93. The van der Waals surface area contributed by atoms with E-state index in [9.17, 15) is 0 Å². The van der Waals surface area contributed by atoms with E-state index >= 15 is 0 Å². The third kappa shape index (κ3) is 1.32. The average molecular weight is 230 g/mol. The maximum absolute atomic E-state index is 2.34. The monoisotopic (exact) mass is 230 g/mol. The molecule has 0 amide bonds. The molecule has 0 heterocycles. The van der Waals surface area contributed by atoms with Gasteiger partial charge in [0.1, 0.15) is 0 Å². The van der Waals surface area contributed by atoms with E-state index in [0.29, 0.717) is 0 Å². The highest BCUT2D eigenvalue weighted by atomic mass is 14.1. The van der Waals surface area contributed by atoms with Crippen LogP contribution in [0.5, 0.6) is 0 Å². The zero-order valence-corrected chi connectivity index (χ0v) is 10.2. The van der Waals surface area contributed by atoms with Crippen molar-refractivity contribution >= 4 is 29.0 Å². The van der Waals surface area contributed by atoms with Gasteiger partial charge in [0, 0.05) is 0 Å². The summed E-state index contributed by atoms with van der Waals surface area (Å²) in [6.45, 7) is 0. The Hall–Kier alpha value is -2.08. The summed E-state index contributed by atoms with van der Waals surface area (Å²) in [4.78, 5) is 0. The molecule has 0 N–H and O–H groups in total. The zero-order valence-electron chi connectivity index (χ0n) is 10.2. The predicted molar refractivity (Wildman–Crippen MR) is 78.6 cm³/mol. The Balaban J connectivity index is 2.23. The smallest absolute Gasteiger partial charge is 0.00882 e. The Morgan fingerprint density at radius 3 is 2.72 bits per heavy atom. The number of fused-ring (bicyclic) bond motifs is 5. The Labute approximate surface area is 106 Å². The molecule has 0 unspecified atom stereocenters. The SMILES string of the molecule is C1=CCc2ccc3c4c(ccc3c2=C1)C=CCC=4. The van der Waals surface area contributed by atoms with E-state index < -0.39 is 0 Å². The second-order valence-electron chi connectivity index (χ2n) is 4.94. The Morgan fingerprint density at radius 2 is 1.72 bits per heavy atom. The lowest BCUT2D eigenvalue weighted by Crippen LogP contribution is -2.17. The van der Waals surface area contributed by atoms with Gasteiger partial charge in [0.15, 0.2) is 0 Å². The van der Waals surface area contributed by atoms with Gasteiger partial charge in [-0.3, -0.25) is 0 Å². The quantitative estimate of drug-likeness (QED) is 0.653. The van der Waals surface area contributed by atoms with Gasteiger partial charge in [-0.15, -0.1) is 0 Å². The highest BCUT2D eigenvalue weighted by Crippen LogP contribution is 2.14. The Bertz CT molecular complexity index is 817. The molecule has 0 nitrogen and oxygen atoms in total. The molecule has 86 valence electrons. The standard InChI is InChI=1S/C18H14/c1-3-7-15-13(5-1)9-11-18-16-8-4-2-6-14(16)10-12-17(15)18/h1-3,6-12H,4-5H2. The van der Waals surface area contributed by atoms with Crippen LogP contribution in [0, 0.1) is 0 Å². The minimum absolute atomic E-state index is 1.05. The molecule has 0 atom stereocenters. The molecular weight excluding hydrogens is 216 g/mol. The van der Waals surface area contributed by atoms with Gasteiger partial charge in [-0.2, -0.15) is 0 Å². The maximum atomic E-state index is 2.34. The molecular formula is C18H14. The molecule has 0 aliphatic heterocycles. The summed E-state index contributed by atoms with van der Waals surface area (Å²) in [5, 5.41) is 5.59. The van der Waals surface area contributed by atoms with E-state index in [0.717, 1.165) is 12.8 Å². The summed E-state index contributed by atoms with van der Waals surface area (Å²) in [7, 11) is 0. The van der Waals surface area contributed by atoms with Crippen molar-refractivity contribution in [3.63, 3.8) is 0 Å². The van der Waals surface area contributed by atoms with E-state index in [-0.39, 0.29) is 0 Å². The van der Waals surface area contributed by atoms with Crippen molar-refractivity contribution in [2.24, 2.45) is 0 Å². The van der Waals surface area contributed by atoms with Crippen LogP contribution in [0.4, 0.5) is 0 Å². The molecule has 2 aliphatic rings. The molecule has 18 heavy (non-hydrogen) atoms. The summed E-state index contributed by atoms with van der Waals surface area (Å²) >= 11 is 0. The summed E-state index contributed by atoms with van der Waals surface area (Å²) < 4.78 is 0. The number of hydrogen-bond acceptors (Lipinski definition) is 0. The van der Waals surface area contributed by atoms with Gasteiger partial charge in [-0.05, 0) is 45.2 Å². The Morgan fingerprint density at radius 1 is 0.833 bits per heavy atom. The Kier molecular flexibility index (Phi) is 2.04. The molecule has 2 aromatic carbocycles. The predicted octanol–water partition coefficient (Wildman–Crippen LogP) is 2.93. The van der Waals surface area contributed by atoms with Crippen LogP contribution in [0.2, 0.25) is 0 Å². The summed E-state index contributed by atoms with van der Waals surface area (Å²) in [5.41, 5.74) is 2.79. The molecule has 4 rings (SSSR count). The van der Waals surface area contributed by atoms with Crippen LogP contribution in [0.25, 0.3) is 29.0 Å². The molecule has 0 heteroatoms.